The lowest BCUT2D eigenvalue weighted by molar-refractivity contribution is -0.225. The van der Waals surface area contributed by atoms with Crippen LogP contribution in [0.4, 0.5) is 0 Å². The van der Waals surface area contributed by atoms with Crippen molar-refractivity contribution in [3.05, 3.63) is 32.6 Å². The number of hydrogen-bond acceptors (Lipinski definition) is 5. The van der Waals surface area contributed by atoms with Crippen LogP contribution >= 0.6 is 0 Å². The van der Waals surface area contributed by atoms with E-state index >= 15 is 0 Å². The van der Waals surface area contributed by atoms with E-state index in [-0.39, 0.29) is 34.8 Å². The van der Waals surface area contributed by atoms with Gasteiger partial charge in [0.2, 0.25) is 0 Å². The molecule has 1 aromatic rings. The molecule has 1 aliphatic heterocycles. The second-order valence-corrected chi connectivity index (χ2v) is 7.36. The average Bonchev–Trinajstić information content (AvgIpc) is 2.76. The van der Waals surface area contributed by atoms with E-state index in [0.29, 0.717) is 12.0 Å². The minimum atomic E-state index is -1.21. The van der Waals surface area contributed by atoms with Gasteiger partial charge < -0.3 is 14.6 Å². The maximum atomic E-state index is 12.5. The number of ether oxygens (including phenoxy) is 2. The third kappa shape index (κ3) is 2.55. The Kier molecular flexibility index (Phi) is 4.58. The molecule has 0 spiro atoms. The van der Waals surface area contributed by atoms with Crippen LogP contribution < -0.4 is 11.2 Å². The van der Waals surface area contributed by atoms with E-state index in [0.717, 1.165) is 4.57 Å². The summed E-state index contributed by atoms with van der Waals surface area (Å²) in [6.45, 7) is 9.00. The molecular weight excluding hydrogens is 312 g/mol. The van der Waals surface area contributed by atoms with E-state index in [9.17, 15) is 14.7 Å². The summed E-state index contributed by atoms with van der Waals surface area (Å²) in [5.41, 5.74) is -3.25. The molecule has 0 amide bonds. The SMILES string of the molecule is CCc1cn([C@@H]2C[C@@](C)(O)[C@](C)(C(C)(C)OC)O2)c(=O)n(C)c1=O.[HH].[HH].[HH].[HH].[HH].[HH].[HH].[HH].[HH].[HH].[HH].[HH].[HH].[HH].[HH].[HH]. The highest BCUT2D eigenvalue weighted by Gasteiger charge is 2.61. The number of aryl methyl sites for hydroxylation is 1. The molecule has 7 heteroatoms. The third-order valence-corrected chi connectivity index (χ3v) is 5.70. The van der Waals surface area contributed by atoms with Crippen molar-refractivity contribution in [3.8, 4) is 0 Å². The first kappa shape index (κ1) is 18.9. The standard InChI is InChI=1S/C17H28N2O5.16H2/c1-8-11-10-19(14(21)18(6)13(11)20)12-9-16(4,22)17(5,24-12)15(2,3)23-7;;;;;;;;;;;;;;;;/h10,12,22H,8-9H2,1-7H3;16*1H/t12-,16+,17-;;;;;;;;;;;;;;;;/m0................/s1. The maximum absolute atomic E-state index is 12.5. The lowest BCUT2D eigenvalue weighted by Crippen LogP contribution is -2.61. The minimum Gasteiger partial charge on any atom is -0.387 e. The Morgan fingerprint density at radius 3 is 2.54 bits per heavy atom. The molecule has 3 atom stereocenters. The van der Waals surface area contributed by atoms with Crippen LogP contribution in [0.2, 0.25) is 0 Å². The van der Waals surface area contributed by atoms with E-state index in [4.69, 9.17) is 9.47 Å². The Labute approximate surface area is 165 Å². The zero-order valence-electron chi connectivity index (χ0n) is 15.5. The van der Waals surface area contributed by atoms with Gasteiger partial charge in [-0.2, -0.15) is 0 Å². The summed E-state index contributed by atoms with van der Waals surface area (Å²) in [5, 5.41) is 11.0. The normalized spacial score (nSPS) is 30.8. The zero-order chi connectivity index (χ0) is 18.5. The van der Waals surface area contributed by atoms with Gasteiger partial charge in [-0.05, 0) is 34.1 Å². The largest absolute Gasteiger partial charge is 0.387 e. The fourth-order valence-electron chi connectivity index (χ4n) is 3.32. The summed E-state index contributed by atoms with van der Waals surface area (Å²) in [6.07, 6.45) is 1.59. The quantitative estimate of drug-likeness (QED) is 0.812. The van der Waals surface area contributed by atoms with Gasteiger partial charge in [0, 0.05) is 55.2 Å². The Balaban J connectivity index is -0.0000000300. The number of aromatic nitrogens is 2. The Morgan fingerprint density at radius 2 is 2.04 bits per heavy atom. The van der Waals surface area contributed by atoms with Crippen LogP contribution in [0.15, 0.2) is 15.8 Å². The highest BCUT2D eigenvalue weighted by molar-refractivity contribution is 5.12. The van der Waals surface area contributed by atoms with Gasteiger partial charge in [-0.3, -0.25) is 13.9 Å². The first-order valence-corrected chi connectivity index (χ1v) is 8.18. The van der Waals surface area contributed by atoms with Crippen molar-refractivity contribution in [2.75, 3.05) is 7.11 Å². The van der Waals surface area contributed by atoms with E-state index < -0.39 is 28.7 Å². The predicted octanol–water partition coefficient (Wildman–Crippen LogP) is 4.90. The van der Waals surface area contributed by atoms with Gasteiger partial charge in [0.05, 0.1) is 11.2 Å². The number of nitrogens with zero attached hydrogens (tertiary/aromatic N) is 2. The van der Waals surface area contributed by atoms with Gasteiger partial charge in [-0.1, -0.05) is 6.92 Å². The van der Waals surface area contributed by atoms with Gasteiger partial charge in [0.1, 0.15) is 11.8 Å². The monoisotopic (exact) mass is 372 g/mol. The molecule has 0 aromatic carbocycles. The lowest BCUT2D eigenvalue weighted by Gasteiger charge is -2.46. The summed E-state index contributed by atoms with van der Waals surface area (Å²) in [4.78, 5) is 24.6. The van der Waals surface area contributed by atoms with E-state index in [1.165, 1.54) is 17.8 Å². The number of rotatable bonds is 4. The van der Waals surface area contributed by atoms with Crippen LogP contribution in [0.25, 0.3) is 0 Å². The van der Waals surface area contributed by atoms with Crippen LogP contribution in [0.3, 0.4) is 0 Å². The zero-order valence-corrected chi connectivity index (χ0v) is 15.5. The van der Waals surface area contributed by atoms with Crippen LogP contribution in [-0.4, -0.2) is 38.2 Å². The molecular formula is C17H60N2O5. The molecule has 1 aromatic heterocycles. The van der Waals surface area contributed by atoms with Crippen LogP contribution in [-0.2, 0) is 22.9 Å². The van der Waals surface area contributed by atoms with Gasteiger partial charge >= 0.3 is 5.69 Å². The first-order valence-electron chi connectivity index (χ1n) is 8.18. The Hall–Kier alpha value is -1.44. The molecule has 7 nitrogen and oxygen atoms in total. The van der Waals surface area contributed by atoms with E-state index in [2.05, 4.69) is 0 Å². The molecule has 2 heterocycles. The number of methoxy groups -OCH3 is 1. The second-order valence-electron chi connectivity index (χ2n) is 7.36. The van der Waals surface area contributed by atoms with E-state index in [1.807, 2.05) is 20.8 Å². The predicted molar refractivity (Wildman–Crippen MR) is 124 cm³/mol. The molecule has 24 heavy (non-hydrogen) atoms. The van der Waals surface area contributed by atoms with Gasteiger partial charge in [0.15, 0.2) is 0 Å². The topological polar surface area (TPSA) is 82.7 Å². The summed E-state index contributed by atoms with van der Waals surface area (Å²) >= 11 is 0. The van der Waals surface area contributed by atoms with Gasteiger partial charge in [0.25, 0.3) is 5.56 Å². The highest BCUT2D eigenvalue weighted by Crippen LogP contribution is 2.50. The van der Waals surface area contributed by atoms with E-state index in [1.54, 1.807) is 21.0 Å². The molecule has 0 radical (unpaired) electrons. The highest BCUT2D eigenvalue weighted by atomic mass is 16.6. The maximum Gasteiger partial charge on any atom is 0.332 e. The Morgan fingerprint density at radius 1 is 1.46 bits per heavy atom. The number of aliphatic hydroxyl groups is 1. The molecule has 0 aliphatic carbocycles. The first-order chi connectivity index (χ1) is 10.9. The fourth-order valence-corrected chi connectivity index (χ4v) is 3.32. The second kappa shape index (κ2) is 5.82. The summed E-state index contributed by atoms with van der Waals surface area (Å²) in [5.74, 6) is 0. The molecule has 0 bridgehead atoms. The molecule has 1 saturated heterocycles. The van der Waals surface area contributed by atoms with Crippen molar-refractivity contribution in [2.45, 2.75) is 70.5 Å². The molecule has 1 aliphatic rings. The van der Waals surface area contributed by atoms with Crippen molar-refractivity contribution < 1.29 is 37.4 Å². The molecule has 1 N–H and O–H groups in total. The van der Waals surface area contributed by atoms with Crippen molar-refractivity contribution in [1.29, 1.82) is 0 Å². The summed E-state index contributed by atoms with van der Waals surface area (Å²) in [6, 6.07) is 0. The fraction of sp³-hybridized carbons (Fsp3) is 0.765. The molecule has 168 valence electrons. The third-order valence-electron chi connectivity index (χ3n) is 5.70. The number of hydrogen-bond donors (Lipinski definition) is 1. The lowest BCUT2D eigenvalue weighted by atomic mass is 9.74. The van der Waals surface area contributed by atoms with Gasteiger partial charge in [-0.15, -0.1) is 0 Å². The summed E-state index contributed by atoms with van der Waals surface area (Å²) < 4.78 is 14.2. The molecule has 2 rings (SSSR count). The minimum absolute atomic E-state index is 0. The van der Waals surface area contributed by atoms with Crippen LogP contribution in [0.1, 0.15) is 75.7 Å². The van der Waals surface area contributed by atoms with Crippen molar-refractivity contribution in [2.24, 2.45) is 7.05 Å². The Bertz CT molecular complexity index is 785. The molecule has 1 fully saturated rings. The smallest absolute Gasteiger partial charge is 0.332 e. The molecule has 0 saturated carbocycles. The summed E-state index contributed by atoms with van der Waals surface area (Å²) in [7, 11) is 3.01. The van der Waals surface area contributed by atoms with Crippen molar-refractivity contribution >= 4 is 0 Å². The van der Waals surface area contributed by atoms with Gasteiger partial charge in [-0.25, -0.2) is 4.79 Å². The average molecular weight is 373 g/mol. The van der Waals surface area contributed by atoms with Crippen LogP contribution in [0.5, 0.6) is 0 Å². The van der Waals surface area contributed by atoms with Crippen molar-refractivity contribution in [1.82, 2.24) is 9.13 Å². The van der Waals surface area contributed by atoms with Crippen molar-refractivity contribution in [3.63, 3.8) is 0 Å². The van der Waals surface area contributed by atoms with Crippen LogP contribution in [0, 0.1) is 0 Å². The molecule has 0 unspecified atom stereocenters.